The third-order valence-electron chi connectivity index (χ3n) is 2.30. The van der Waals surface area contributed by atoms with Gasteiger partial charge >= 0.3 is 0 Å². The molecule has 1 unspecified atom stereocenters. The second kappa shape index (κ2) is 4.54. The van der Waals surface area contributed by atoms with Crippen molar-refractivity contribution in [1.29, 1.82) is 0 Å². The van der Waals surface area contributed by atoms with Crippen LogP contribution >= 0.6 is 0 Å². The van der Waals surface area contributed by atoms with E-state index in [9.17, 15) is 0 Å². The second-order valence-corrected chi connectivity index (χ2v) is 3.62. The molecule has 0 saturated heterocycles. The predicted octanol–water partition coefficient (Wildman–Crippen LogP) is -0.205. The van der Waals surface area contributed by atoms with Gasteiger partial charge in [0, 0.05) is 38.9 Å². The molecule has 0 aliphatic rings. The Morgan fingerprint density at radius 3 is 2.64 bits per heavy atom. The Labute approximate surface area is 84.8 Å². The fraction of sp³-hybridized carbons (Fsp3) is 0.667. The van der Waals surface area contributed by atoms with Crippen LogP contribution in [0.25, 0.3) is 0 Å². The molecule has 5 nitrogen and oxygen atoms in total. The van der Waals surface area contributed by atoms with Crippen LogP contribution in [0.15, 0.2) is 6.20 Å². The summed E-state index contributed by atoms with van der Waals surface area (Å²) in [6.07, 6.45) is 1.86. The molecule has 1 aromatic rings. The first-order valence-electron chi connectivity index (χ1n) is 4.68. The summed E-state index contributed by atoms with van der Waals surface area (Å²) in [5.74, 6) is 0. The monoisotopic (exact) mass is 197 g/mol. The summed E-state index contributed by atoms with van der Waals surface area (Å²) in [6.45, 7) is 2.60. The molecule has 0 aromatic carbocycles. The topological polar surface area (TPSA) is 59.1 Å². The summed E-state index contributed by atoms with van der Waals surface area (Å²) < 4.78 is 1.86. The fourth-order valence-electron chi connectivity index (χ4n) is 1.42. The summed E-state index contributed by atoms with van der Waals surface area (Å²) in [7, 11) is 5.84. The molecule has 3 N–H and O–H groups in total. The van der Waals surface area contributed by atoms with Crippen LogP contribution in [0.3, 0.4) is 0 Å². The van der Waals surface area contributed by atoms with Gasteiger partial charge in [-0.05, 0) is 6.92 Å². The highest BCUT2D eigenvalue weighted by atomic mass is 15.5. The summed E-state index contributed by atoms with van der Waals surface area (Å²) in [6, 6.07) is 0.138. The van der Waals surface area contributed by atoms with Crippen LogP contribution in [0.1, 0.15) is 17.3 Å². The molecular weight excluding hydrogens is 178 g/mol. The lowest BCUT2D eigenvalue weighted by atomic mass is 10.1. The number of hydrazine groups is 1. The Bertz CT molecular complexity index is 291. The highest BCUT2D eigenvalue weighted by Crippen LogP contribution is 2.15. The van der Waals surface area contributed by atoms with E-state index in [1.165, 1.54) is 0 Å². The molecule has 0 radical (unpaired) electrons. The standard InChI is InChI=1S/C9H19N5/c1-7-8(6-11-14(7)4)9(5-10)12-13(2)3/h6,9,12H,5,10H2,1-4H3. The van der Waals surface area contributed by atoms with Gasteiger partial charge in [0.25, 0.3) is 0 Å². The lowest BCUT2D eigenvalue weighted by Gasteiger charge is -2.21. The van der Waals surface area contributed by atoms with E-state index in [0.717, 1.165) is 11.3 Å². The zero-order chi connectivity index (χ0) is 10.7. The lowest BCUT2D eigenvalue weighted by molar-refractivity contribution is 0.245. The van der Waals surface area contributed by atoms with Gasteiger partial charge in [0.2, 0.25) is 0 Å². The zero-order valence-electron chi connectivity index (χ0n) is 9.28. The van der Waals surface area contributed by atoms with Crippen molar-refractivity contribution in [2.45, 2.75) is 13.0 Å². The first kappa shape index (κ1) is 11.2. The van der Waals surface area contributed by atoms with Crippen LogP contribution in [-0.4, -0.2) is 35.4 Å². The van der Waals surface area contributed by atoms with Crippen molar-refractivity contribution in [3.8, 4) is 0 Å². The first-order chi connectivity index (χ1) is 6.56. The van der Waals surface area contributed by atoms with Crippen molar-refractivity contribution in [2.24, 2.45) is 12.8 Å². The molecule has 0 spiro atoms. The van der Waals surface area contributed by atoms with Gasteiger partial charge in [-0.1, -0.05) is 0 Å². The number of nitrogens with one attached hydrogen (secondary N) is 1. The molecule has 80 valence electrons. The molecule has 0 aliphatic heterocycles. The molecule has 1 aromatic heterocycles. The Morgan fingerprint density at radius 1 is 1.64 bits per heavy atom. The molecule has 1 atom stereocenters. The fourth-order valence-corrected chi connectivity index (χ4v) is 1.42. The lowest BCUT2D eigenvalue weighted by Crippen LogP contribution is -2.38. The minimum atomic E-state index is 0.138. The molecule has 14 heavy (non-hydrogen) atoms. The third kappa shape index (κ3) is 2.31. The van der Waals surface area contributed by atoms with Crippen LogP contribution in [0.5, 0.6) is 0 Å². The SMILES string of the molecule is Cc1c(C(CN)NN(C)C)cnn1C. The average molecular weight is 197 g/mol. The largest absolute Gasteiger partial charge is 0.329 e. The number of aromatic nitrogens is 2. The quantitative estimate of drug-likeness (QED) is 0.656. The first-order valence-corrected chi connectivity index (χ1v) is 4.68. The van der Waals surface area contributed by atoms with Crippen molar-refractivity contribution in [2.75, 3.05) is 20.6 Å². The van der Waals surface area contributed by atoms with Crippen molar-refractivity contribution in [3.05, 3.63) is 17.5 Å². The Hall–Kier alpha value is -0.910. The maximum atomic E-state index is 5.71. The molecule has 5 heteroatoms. The smallest absolute Gasteiger partial charge is 0.0620 e. The van der Waals surface area contributed by atoms with Gasteiger partial charge in [-0.25, -0.2) is 10.4 Å². The molecular formula is C9H19N5. The normalized spacial score (nSPS) is 13.6. The van der Waals surface area contributed by atoms with Gasteiger partial charge in [0.1, 0.15) is 0 Å². The van der Waals surface area contributed by atoms with E-state index < -0.39 is 0 Å². The number of hydrogen-bond donors (Lipinski definition) is 2. The van der Waals surface area contributed by atoms with Gasteiger partial charge in [0.15, 0.2) is 0 Å². The summed E-state index contributed by atoms with van der Waals surface area (Å²) in [5.41, 5.74) is 11.3. The van der Waals surface area contributed by atoms with Gasteiger partial charge in [-0.2, -0.15) is 5.10 Å². The molecule has 0 amide bonds. The Balaban J connectivity index is 2.84. The number of nitrogens with zero attached hydrogens (tertiary/aromatic N) is 3. The van der Waals surface area contributed by atoms with Crippen LogP contribution in [0.4, 0.5) is 0 Å². The Kier molecular flexibility index (Phi) is 3.62. The predicted molar refractivity (Wildman–Crippen MR) is 56.6 cm³/mol. The average Bonchev–Trinajstić information content (AvgIpc) is 2.44. The van der Waals surface area contributed by atoms with E-state index in [4.69, 9.17) is 5.73 Å². The van der Waals surface area contributed by atoms with Gasteiger partial charge in [-0.15, -0.1) is 0 Å². The maximum Gasteiger partial charge on any atom is 0.0620 e. The van der Waals surface area contributed by atoms with Crippen molar-refractivity contribution < 1.29 is 0 Å². The number of nitrogens with two attached hydrogens (primary N) is 1. The van der Waals surface area contributed by atoms with E-state index in [1.54, 1.807) is 0 Å². The highest BCUT2D eigenvalue weighted by molar-refractivity contribution is 5.20. The van der Waals surface area contributed by atoms with Crippen LogP contribution in [-0.2, 0) is 7.05 Å². The summed E-state index contributed by atoms with van der Waals surface area (Å²) >= 11 is 0. The van der Waals surface area contributed by atoms with E-state index in [1.807, 2.05) is 44.0 Å². The molecule has 0 fully saturated rings. The Morgan fingerprint density at radius 2 is 2.29 bits per heavy atom. The van der Waals surface area contributed by atoms with Crippen molar-refractivity contribution in [3.63, 3.8) is 0 Å². The number of aryl methyl sites for hydroxylation is 1. The third-order valence-corrected chi connectivity index (χ3v) is 2.30. The highest BCUT2D eigenvalue weighted by Gasteiger charge is 2.15. The van der Waals surface area contributed by atoms with Crippen LogP contribution in [0, 0.1) is 6.92 Å². The van der Waals surface area contributed by atoms with E-state index >= 15 is 0 Å². The minimum absolute atomic E-state index is 0.138. The van der Waals surface area contributed by atoms with Crippen molar-refractivity contribution >= 4 is 0 Å². The second-order valence-electron chi connectivity index (χ2n) is 3.62. The van der Waals surface area contributed by atoms with E-state index in [-0.39, 0.29) is 6.04 Å². The van der Waals surface area contributed by atoms with Gasteiger partial charge in [0.05, 0.1) is 12.2 Å². The number of rotatable bonds is 4. The van der Waals surface area contributed by atoms with Gasteiger partial charge < -0.3 is 5.73 Å². The van der Waals surface area contributed by atoms with Crippen molar-refractivity contribution in [1.82, 2.24) is 20.2 Å². The maximum absolute atomic E-state index is 5.71. The molecule has 1 heterocycles. The molecule has 0 bridgehead atoms. The molecule has 0 saturated carbocycles. The summed E-state index contributed by atoms with van der Waals surface area (Å²) in [5, 5.41) is 6.10. The van der Waals surface area contributed by atoms with Crippen LogP contribution in [0.2, 0.25) is 0 Å². The summed E-state index contributed by atoms with van der Waals surface area (Å²) in [4.78, 5) is 0. The molecule has 1 rings (SSSR count). The van der Waals surface area contributed by atoms with E-state index in [0.29, 0.717) is 6.54 Å². The van der Waals surface area contributed by atoms with E-state index in [2.05, 4.69) is 10.5 Å². The zero-order valence-corrected chi connectivity index (χ0v) is 9.28. The minimum Gasteiger partial charge on any atom is -0.329 e. The molecule has 0 aliphatic carbocycles. The van der Waals surface area contributed by atoms with Gasteiger partial charge in [-0.3, -0.25) is 4.68 Å². The van der Waals surface area contributed by atoms with Crippen LogP contribution < -0.4 is 11.2 Å². The number of hydrogen-bond acceptors (Lipinski definition) is 4.